The lowest BCUT2D eigenvalue weighted by Gasteiger charge is -2.24. The Morgan fingerprint density at radius 1 is 0.889 bits per heavy atom. The maximum Gasteiger partial charge on any atom is 0.118 e. The van der Waals surface area contributed by atoms with E-state index in [0.717, 1.165) is 23.6 Å². The topological polar surface area (TPSA) is 24.8 Å². The normalized spacial score (nSPS) is 16.3. The van der Waals surface area contributed by atoms with Gasteiger partial charge in [-0.15, -0.1) is 0 Å². The molecule has 3 heteroatoms. The molecular weight excluding hydrogens is 332 g/mol. The second-order valence-electron chi connectivity index (χ2n) is 7.02. The number of nitrogens with zero attached hydrogens (tertiary/aromatic N) is 2. The van der Waals surface area contributed by atoms with Crippen molar-refractivity contribution in [1.29, 1.82) is 0 Å². The molecule has 0 radical (unpaired) electrons. The Labute approximate surface area is 160 Å². The first-order valence-electron chi connectivity index (χ1n) is 9.29. The fourth-order valence-electron chi connectivity index (χ4n) is 3.51. The number of hydrogen-bond acceptors (Lipinski definition) is 3. The van der Waals surface area contributed by atoms with Gasteiger partial charge in [-0.25, -0.2) is 0 Å². The maximum absolute atomic E-state index is 5.32. The molecule has 0 spiro atoms. The smallest absolute Gasteiger partial charge is 0.118 e. The van der Waals surface area contributed by atoms with Crippen LogP contribution in [-0.4, -0.2) is 12.8 Å². The van der Waals surface area contributed by atoms with Crippen LogP contribution in [0.4, 0.5) is 5.69 Å². The Balaban J connectivity index is 1.75. The number of methoxy groups -OCH3 is 1. The van der Waals surface area contributed by atoms with Crippen molar-refractivity contribution in [3.8, 4) is 5.75 Å². The highest BCUT2D eigenvalue weighted by atomic mass is 16.5. The molecule has 0 aliphatic carbocycles. The molecule has 0 fully saturated rings. The molecule has 1 aliphatic heterocycles. The maximum atomic E-state index is 5.32. The number of hydrazone groups is 1. The summed E-state index contributed by atoms with van der Waals surface area (Å²) in [4.78, 5) is 0. The number of anilines is 1. The standard InChI is InChI=1S/C24H24N2O/c1-17-9-12-21(15-18(17)2)26-24(20-10-13-22(27-3)14-11-20)16-23(25-26)19-7-5-4-6-8-19/h4-15,24H,16H2,1-3H3. The van der Waals surface area contributed by atoms with Crippen molar-refractivity contribution in [3.63, 3.8) is 0 Å². The van der Waals surface area contributed by atoms with Gasteiger partial charge in [0.25, 0.3) is 0 Å². The molecule has 136 valence electrons. The molecule has 0 N–H and O–H groups in total. The Bertz CT molecular complexity index is 961. The SMILES string of the molecule is COc1ccc(C2CC(c3ccccc3)=NN2c2ccc(C)c(C)c2)cc1. The van der Waals surface area contributed by atoms with Crippen molar-refractivity contribution in [2.24, 2.45) is 5.10 Å². The number of benzene rings is 3. The minimum atomic E-state index is 0.174. The Hall–Kier alpha value is -3.07. The molecule has 1 aliphatic rings. The van der Waals surface area contributed by atoms with E-state index in [4.69, 9.17) is 9.84 Å². The monoisotopic (exact) mass is 356 g/mol. The predicted octanol–water partition coefficient (Wildman–Crippen LogP) is 5.67. The molecule has 3 aromatic carbocycles. The molecule has 0 saturated carbocycles. The van der Waals surface area contributed by atoms with Crippen LogP contribution >= 0.6 is 0 Å². The van der Waals surface area contributed by atoms with Gasteiger partial charge in [0, 0.05) is 6.42 Å². The quantitative estimate of drug-likeness (QED) is 0.602. The van der Waals surface area contributed by atoms with Gasteiger partial charge in [-0.2, -0.15) is 5.10 Å². The zero-order chi connectivity index (χ0) is 18.8. The molecule has 1 unspecified atom stereocenters. The minimum absolute atomic E-state index is 0.174. The highest BCUT2D eigenvalue weighted by Gasteiger charge is 2.30. The largest absolute Gasteiger partial charge is 0.497 e. The average molecular weight is 356 g/mol. The van der Waals surface area contributed by atoms with Crippen molar-refractivity contribution in [2.45, 2.75) is 26.3 Å². The van der Waals surface area contributed by atoms with E-state index in [0.29, 0.717) is 0 Å². The molecule has 3 aromatic rings. The van der Waals surface area contributed by atoms with E-state index >= 15 is 0 Å². The fraction of sp³-hybridized carbons (Fsp3) is 0.208. The van der Waals surface area contributed by atoms with Crippen LogP contribution in [0.25, 0.3) is 0 Å². The summed E-state index contributed by atoms with van der Waals surface area (Å²) >= 11 is 0. The first kappa shape index (κ1) is 17.3. The highest BCUT2D eigenvalue weighted by molar-refractivity contribution is 6.03. The second-order valence-corrected chi connectivity index (χ2v) is 7.02. The van der Waals surface area contributed by atoms with E-state index < -0.39 is 0 Å². The van der Waals surface area contributed by atoms with Gasteiger partial charge in [-0.05, 0) is 60.4 Å². The van der Waals surface area contributed by atoms with Crippen molar-refractivity contribution in [2.75, 3.05) is 12.1 Å². The molecule has 1 atom stereocenters. The van der Waals surface area contributed by atoms with Crippen LogP contribution in [0.2, 0.25) is 0 Å². The van der Waals surface area contributed by atoms with Gasteiger partial charge >= 0.3 is 0 Å². The Morgan fingerprint density at radius 3 is 2.30 bits per heavy atom. The van der Waals surface area contributed by atoms with E-state index in [1.165, 1.54) is 22.3 Å². The zero-order valence-electron chi connectivity index (χ0n) is 16.0. The average Bonchev–Trinajstić information content (AvgIpc) is 3.16. The van der Waals surface area contributed by atoms with Crippen LogP contribution in [0.15, 0.2) is 77.9 Å². The molecular formula is C24H24N2O. The summed E-state index contributed by atoms with van der Waals surface area (Å²) in [7, 11) is 1.70. The van der Waals surface area contributed by atoms with Gasteiger partial charge in [0.05, 0.1) is 24.6 Å². The van der Waals surface area contributed by atoms with Crippen molar-refractivity contribution in [3.05, 3.63) is 95.1 Å². The fourth-order valence-corrected chi connectivity index (χ4v) is 3.51. The summed E-state index contributed by atoms with van der Waals surface area (Å²) in [6.07, 6.45) is 0.878. The van der Waals surface area contributed by atoms with Gasteiger partial charge in [0.15, 0.2) is 0 Å². The van der Waals surface area contributed by atoms with Crippen LogP contribution in [-0.2, 0) is 0 Å². The van der Waals surface area contributed by atoms with Crippen LogP contribution < -0.4 is 9.75 Å². The molecule has 3 nitrogen and oxygen atoms in total. The summed E-state index contributed by atoms with van der Waals surface area (Å²) in [6.45, 7) is 4.29. The molecule has 0 aromatic heterocycles. The predicted molar refractivity (Wildman–Crippen MR) is 112 cm³/mol. The van der Waals surface area contributed by atoms with Gasteiger partial charge in [-0.1, -0.05) is 48.5 Å². The van der Waals surface area contributed by atoms with Crippen molar-refractivity contribution < 1.29 is 4.74 Å². The number of ether oxygens (including phenoxy) is 1. The highest BCUT2D eigenvalue weighted by Crippen LogP contribution is 2.37. The van der Waals surface area contributed by atoms with E-state index in [-0.39, 0.29) is 6.04 Å². The summed E-state index contributed by atoms with van der Waals surface area (Å²) in [6, 6.07) is 25.5. The summed E-state index contributed by atoms with van der Waals surface area (Å²) < 4.78 is 5.32. The van der Waals surface area contributed by atoms with Gasteiger partial charge in [-0.3, -0.25) is 5.01 Å². The lowest BCUT2D eigenvalue weighted by molar-refractivity contribution is 0.414. The number of aryl methyl sites for hydroxylation is 2. The van der Waals surface area contributed by atoms with Crippen molar-refractivity contribution >= 4 is 11.4 Å². The molecule has 0 bridgehead atoms. The van der Waals surface area contributed by atoms with Gasteiger partial charge in [0.1, 0.15) is 5.75 Å². The number of hydrogen-bond donors (Lipinski definition) is 0. The van der Waals surface area contributed by atoms with Crippen LogP contribution in [0.1, 0.15) is 34.7 Å². The lowest BCUT2D eigenvalue weighted by Crippen LogP contribution is -2.18. The van der Waals surface area contributed by atoms with Crippen molar-refractivity contribution in [1.82, 2.24) is 0 Å². The molecule has 27 heavy (non-hydrogen) atoms. The van der Waals surface area contributed by atoms with E-state index in [2.05, 4.69) is 73.5 Å². The molecule has 4 rings (SSSR count). The lowest BCUT2D eigenvalue weighted by atomic mass is 9.98. The molecule has 0 saturated heterocycles. The molecule has 1 heterocycles. The summed E-state index contributed by atoms with van der Waals surface area (Å²) in [5, 5.41) is 7.18. The molecule has 0 amide bonds. The van der Waals surface area contributed by atoms with E-state index in [9.17, 15) is 0 Å². The van der Waals surface area contributed by atoms with E-state index in [1.54, 1.807) is 7.11 Å². The zero-order valence-corrected chi connectivity index (χ0v) is 16.0. The Morgan fingerprint density at radius 2 is 1.63 bits per heavy atom. The first-order valence-corrected chi connectivity index (χ1v) is 9.29. The van der Waals surface area contributed by atoms with Gasteiger partial charge in [0.2, 0.25) is 0 Å². The van der Waals surface area contributed by atoms with E-state index in [1.807, 2.05) is 18.2 Å². The Kier molecular flexibility index (Phi) is 4.68. The van der Waals surface area contributed by atoms with Crippen LogP contribution in [0, 0.1) is 13.8 Å². The second kappa shape index (κ2) is 7.28. The van der Waals surface area contributed by atoms with Crippen LogP contribution in [0.5, 0.6) is 5.75 Å². The number of rotatable bonds is 4. The minimum Gasteiger partial charge on any atom is -0.497 e. The first-order chi connectivity index (χ1) is 13.2. The third kappa shape index (κ3) is 3.45. The third-order valence-corrected chi connectivity index (χ3v) is 5.27. The summed E-state index contributed by atoms with van der Waals surface area (Å²) in [5.74, 6) is 0.874. The third-order valence-electron chi connectivity index (χ3n) is 5.27. The van der Waals surface area contributed by atoms with Gasteiger partial charge < -0.3 is 4.74 Å². The summed E-state index contributed by atoms with van der Waals surface area (Å²) in [5.41, 5.74) is 7.25. The van der Waals surface area contributed by atoms with Crippen LogP contribution in [0.3, 0.4) is 0 Å².